The number of halogens is 1. The van der Waals surface area contributed by atoms with Crippen molar-refractivity contribution in [3.63, 3.8) is 0 Å². The summed E-state index contributed by atoms with van der Waals surface area (Å²) in [7, 11) is 1.53. The van der Waals surface area contributed by atoms with Crippen LogP contribution in [-0.4, -0.2) is 18.1 Å². The van der Waals surface area contributed by atoms with E-state index in [1.165, 1.54) is 7.11 Å². The van der Waals surface area contributed by atoms with E-state index in [2.05, 4.69) is 15.6 Å². The van der Waals surface area contributed by atoms with Gasteiger partial charge in [-0.15, -0.1) is 0 Å². The molecule has 0 saturated carbocycles. The minimum absolute atomic E-state index is 0.387. The van der Waals surface area contributed by atoms with Crippen LogP contribution in [0.25, 0.3) is 10.9 Å². The molecule has 0 unspecified atom stereocenters. The molecule has 0 saturated heterocycles. The van der Waals surface area contributed by atoms with Gasteiger partial charge in [0.15, 0.2) is 0 Å². The number of ether oxygens (including phenoxy) is 1. The predicted molar refractivity (Wildman–Crippen MR) is 92.4 cm³/mol. The van der Waals surface area contributed by atoms with Crippen LogP contribution in [0.2, 0.25) is 5.02 Å². The van der Waals surface area contributed by atoms with Crippen LogP contribution in [0.15, 0.2) is 54.7 Å². The zero-order chi connectivity index (χ0) is 16.2. The second-order valence-corrected chi connectivity index (χ2v) is 5.24. The number of fused-ring (bicyclic) bond motifs is 1. The summed E-state index contributed by atoms with van der Waals surface area (Å²) in [5, 5.41) is 6.92. The van der Waals surface area contributed by atoms with Crippen LogP contribution in [0, 0.1) is 0 Å². The summed E-state index contributed by atoms with van der Waals surface area (Å²) in [6, 6.07) is 14.0. The van der Waals surface area contributed by atoms with Gasteiger partial charge in [-0.25, -0.2) is 4.79 Å². The maximum Gasteiger partial charge on any atom is 0.323 e. The summed E-state index contributed by atoms with van der Waals surface area (Å²) in [6.45, 7) is 0. The van der Waals surface area contributed by atoms with E-state index in [4.69, 9.17) is 16.3 Å². The van der Waals surface area contributed by atoms with Gasteiger partial charge in [0.2, 0.25) is 0 Å². The molecule has 0 aliphatic rings. The Morgan fingerprint density at radius 2 is 1.87 bits per heavy atom. The van der Waals surface area contributed by atoms with Crippen LogP contribution in [0.3, 0.4) is 0 Å². The number of amides is 2. The van der Waals surface area contributed by atoms with Crippen LogP contribution in [0.5, 0.6) is 5.75 Å². The molecule has 0 fully saturated rings. The molecule has 0 spiro atoms. The molecule has 1 aromatic heterocycles. The topological polar surface area (TPSA) is 63.2 Å². The van der Waals surface area contributed by atoms with Gasteiger partial charge in [0.25, 0.3) is 0 Å². The summed E-state index contributed by atoms with van der Waals surface area (Å²) in [5.74, 6) is 0.532. The number of para-hydroxylation sites is 1. The van der Waals surface area contributed by atoms with Gasteiger partial charge in [-0.1, -0.05) is 29.8 Å². The maximum absolute atomic E-state index is 12.3. The Hall–Kier alpha value is -2.79. The Kier molecular flexibility index (Phi) is 4.30. The summed E-state index contributed by atoms with van der Waals surface area (Å²) in [6.07, 6.45) is 1.65. The van der Waals surface area contributed by atoms with Gasteiger partial charge in [-0.05, 0) is 30.3 Å². The number of benzene rings is 2. The van der Waals surface area contributed by atoms with E-state index >= 15 is 0 Å². The van der Waals surface area contributed by atoms with E-state index < -0.39 is 0 Å². The average Bonchev–Trinajstić information content (AvgIpc) is 2.55. The van der Waals surface area contributed by atoms with E-state index in [0.29, 0.717) is 22.1 Å². The van der Waals surface area contributed by atoms with E-state index in [1.54, 1.807) is 30.5 Å². The first-order valence-electron chi connectivity index (χ1n) is 6.92. The summed E-state index contributed by atoms with van der Waals surface area (Å²) >= 11 is 5.96. The quantitative estimate of drug-likeness (QED) is 0.742. The fraction of sp³-hybridized carbons (Fsp3) is 0.0588. The van der Waals surface area contributed by atoms with Crippen molar-refractivity contribution in [2.24, 2.45) is 0 Å². The summed E-state index contributed by atoms with van der Waals surface area (Å²) < 4.78 is 5.21. The van der Waals surface area contributed by atoms with Gasteiger partial charge in [0.05, 0.1) is 24.0 Å². The monoisotopic (exact) mass is 327 g/mol. The van der Waals surface area contributed by atoms with Crippen LogP contribution in [0.4, 0.5) is 16.2 Å². The molecule has 3 aromatic rings. The minimum atomic E-state index is -0.387. The highest BCUT2D eigenvalue weighted by atomic mass is 35.5. The molecule has 3 rings (SSSR count). The van der Waals surface area contributed by atoms with Crippen LogP contribution < -0.4 is 15.4 Å². The lowest BCUT2D eigenvalue weighted by molar-refractivity contribution is 0.262. The number of urea groups is 1. The molecular formula is C17H14ClN3O2. The Bertz CT molecular complexity index is 862. The van der Waals surface area contributed by atoms with Crippen molar-refractivity contribution >= 4 is 39.9 Å². The van der Waals surface area contributed by atoms with Crippen LogP contribution >= 0.6 is 11.6 Å². The normalized spacial score (nSPS) is 10.3. The van der Waals surface area contributed by atoms with Crippen LogP contribution in [0.1, 0.15) is 0 Å². The van der Waals surface area contributed by atoms with Gasteiger partial charge in [0.1, 0.15) is 5.75 Å². The lowest BCUT2D eigenvalue weighted by atomic mass is 10.2. The summed E-state index contributed by atoms with van der Waals surface area (Å²) in [4.78, 5) is 16.5. The number of hydrogen-bond donors (Lipinski definition) is 2. The number of nitrogens with one attached hydrogen (secondary N) is 2. The molecule has 6 heteroatoms. The highest BCUT2D eigenvalue weighted by molar-refractivity contribution is 6.31. The van der Waals surface area contributed by atoms with Crippen LogP contribution in [-0.2, 0) is 0 Å². The third-order valence-electron chi connectivity index (χ3n) is 3.31. The smallest absolute Gasteiger partial charge is 0.323 e. The Balaban J connectivity index is 1.83. The minimum Gasteiger partial charge on any atom is -0.495 e. The molecule has 2 N–H and O–H groups in total. The van der Waals surface area contributed by atoms with Crippen molar-refractivity contribution in [1.82, 2.24) is 4.98 Å². The standard InChI is InChI=1S/C17H14ClN3O2/c1-23-16-7-6-11(18)10-15(16)21-17(22)20-14-8-9-19-13-5-3-2-4-12(13)14/h2-10H,1H3,(H2,19,20,21,22). The number of rotatable bonds is 3. The Morgan fingerprint density at radius 1 is 1.09 bits per heavy atom. The maximum atomic E-state index is 12.3. The largest absolute Gasteiger partial charge is 0.495 e. The number of nitrogens with zero attached hydrogens (tertiary/aromatic N) is 1. The van der Waals surface area contributed by atoms with E-state index in [0.717, 1.165) is 10.9 Å². The molecule has 2 amide bonds. The van der Waals surface area contributed by atoms with Gasteiger partial charge in [-0.2, -0.15) is 0 Å². The van der Waals surface area contributed by atoms with Crippen molar-refractivity contribution in [1.29, 1.82) is 0 Å². The number of carbonyl (C=O) groups excluding carboxylic acids is 1. The lowest BCUT2D eigenvalue weighted by Crippen LogP contribution is -2.20. The highest BCUT2D eigenvalue weighted by Gasteiger charge is 2.10. The number of anilines is 2. The zero-order valence-electron chi connectivity index (χ0n) is 12.3. The molecule has 0 aliphatic heterocycles. The first-order valence-corrected chi connectivity index (χ1v) is 7.30. The number of methoxy groups -OCH3 is 1. The van der Waals surface area contributed by atoms with Gasteiger partial charge in [-0.3, -0.25) is 4.98 Å². The highest BCUT2D eigenvalue weighted by Crippen LogP contribution is 2.28. The molecule has 0 bridgehead atoms. The third-order valence-corrected chi connectivity index (χ3v) is 3.54. The van der Waals surface area contributed by atoms with Crippen molar-refractivity contribution in [2.75, 3.05) is 17.7 Å². The van der Waals surface area contributed by atoms with Gasteiger partial charge >= 0.3 is 6.03 Å². The van der Waals surface area contributed by atoms with Gasteiger partial charge < -0.3 is 15.4 Å². The first-order chi connectivity index (χ1) is 11.2. The second kappa shape index (κ2) is 6.54. The molecule has 0 radical (unpaired) electrons. The number of hydrogen-bond acceptors (Lipinski definition) is 3. The lowest BCUT2D eigenvalue weighted by Gasteiger charge is -2.12. The second-order valence-electron chi connectivity index (χ2n) is 4.80. The van der Waals surface area contributed by atoms with Crippen molar-refractivity contribution in [2.45, 2.75) is 0 Å². The molecule has 1 heterocycles. The molecule has 0 atom stereocenters. The molecule has 116 valence electrons. The molecule has 2 aromatic carbocycles. The average molecular weight is 328 g/mol. The number of carbonyl (C=O) groups is 1. The van der Waals surface area contributed by atoms with Crippen molar-refractivity contribution < 1.29 is 9.53 Å². The fourth-order valence-electron chi connectivity index (χ4n) is 2.26. The molecular weight excluding hydrogens is 314 g/mol. The predicted octanol–water partition coefficient (Wildman–Crippen LogP) is 4.54. The number of aromatic nitrogens is 1. The van der Waals surface area contributed by atoms with E-state index in [-0.39, 0.29) is 6.03 Å². The van der Waals surface area contributed by atoms with E-state index in [1.807, 2.05) is 24.3 Å². The number of pyridine rings is 1. The molecule has 23 heavy (non-hydrogen) atoms. The van der Waals surface area contributed by atoms with Gasteiger partial charge in [0, 0.05) is 16.6 Å². The summed E-state index contributed by atoms with van der Waals surface area (Å²) in [5.41, 5.74) is 1.98. The Morgan fingerprint density at radius 3 is 2.70 bits per heavy atom. The van der Waals surface area contributed by atoms with E-state index in [9.17, 15) is 4.79 Å². The first kappa shape index (κ1) is 15.1. The SMILES string of the molecule is COc1ccc(Cl)cc1NC(=O)Nc1ccnc2ccccc12. The Labute approximate surface area is 138 Å². The fourth-order valence-corrected chi connectivity index (χ4v) is 2.43. The molecule has 5 nitrogen and oxygen atoms in total. The molecule has 0 aliphatic carbocycles. The van der Waals surface area contributed by atoms with Crippen molar-refractivity contribution in [3.05, 3.63) is 59.8 Å². The van der Waals surface area contributed by atoms with Crippen molar-refractivity contribution in [3.8, 4) is 5.75 Å². The third kappa shape index (κ3) is 3.35. The zero-order valence-corrected chi connectivity index (χ0v) is 13.1.